The molecule has 104 valence electrons. The van der Waals surface area contributed by atoms with Crippen LogP contribution in [0.2, 0.25) is 5.02 Å². The van der Waals surface area contributed by atoms with Gasteiger partial charge < -0.3 is 15.5 Å². The van der Waals surface area contributed by atoms with E-state index in [-0.39, 0.29) is 5.91 Å². The van der Waals surface area contributed by atoms with E-state index in [0.29, 0.717) is 17.1 Å². The van der Waals surface area contributed by atoms with Gasteiger partial charge in [0, 0.05) is 26.2 Å². The topological polar surface area (TPSA) is 49.6 Å². The molecule has 4 nitrogen and oxygen atoms in total. The van der Waals surface area contributed by atoms with Crippen molar-refractivity contribution in [2.75, 3.05) is 39.0 Å². The van der Waals surface area contributed by atoms with Gasteiger partial charge in [-0.2, -0.15) is 0 Å². The summed E-state index contributed by atoms with van der Waals surface area (Å²) in [5.41, 5.74) is 8.26. The SMILES string of the molecule is Cc1cc(CC(=O)N2CCN(C)CC2)cc(Cl)c1N. The number of aryl methyl sites for hydroxylation is 1. The van der Waals surface area contributed by atoms with Gasteiger partial charge in [-0.3, -0.25) is 4.79 Å². The molecule has 1 aliphatic heterocycles. The van der Waals surface area contributed by atoms with Crippen molar-refractivity contribution in [1.82, 2.24) is 9.80 Å². The Balaban J connectivity index is 2.03. The summed E-state index contributed by atoms with van der Waals surface area (Å²) in [5.74, 6) is 0.160. The van der Waals surface area contributed by atoms with Crippen LogP contribution in [-0.2, 0) is 11.2 Å². The van der Waals surface area contributed by atoms with Gasteiger partial charge in [-0.25, -0.2) is 0 Å². The predicted molar refractivity (Wildman–Crippen MR) is 78.4 cm³/mol. The molecule has 1 aromatic carbocycles. The molecule has 0 aliphatic carbocycles. The van der Waals surface area contributed by atoms with Crippen molar-refractivity contribution in [1.29, 1.82) is 0 Å². The molecular formula is C14H20ClN3O. The first-order valence-corrected chi connectivity index (χ1v) is 6.86. The Morgan fingerprint density at radius 2 is 1.95 bits per heavy atom. The first-order valence-electron chi connectivity index (χ1n) is 6.48. The van der Waals surface area contributed by atoms with Crippen LogP contribution in [-0.4, -0.2) is 48.9 Å². The van der Waals surface area contributed by atoms with Gasteiger partial charge in [0.05, 0.1) is 17.1 Å². The minimum absolute atomic E-state index is 0.160. The minimum atomic E-state index is 0.160. The van der Waals surface area contributed by atoms with Crippen LogP contribution >= 0.6 is 11.6 Å². The first kappa shape index (κ1) is 14.2. The van der Waals surface area contributed by atoms with Crippen molar-refractivity contribution in [2.24, 2.45) is 0 Å². The van der Waals surface area contributed by atoms with E-state index in [2.05, 4.69) is 11.9 Å². The van der Waals surface area contributed by atoms with Crippen LogP contribution in [0.4, 0.5) is 5.69 Å². The van der Waals surface area contributed by atoms with Crippen molar-refractivity contribution in [3.63, 3.8) is 0 Å². The molecule has 1 saturated heterocycles. The second kappa shape index (κ2) is 5.80. The fourth-order valence-electron chi connectivity index (χ4n) is 2.27. The smallest absolute Gasteiger partial charge is 0.227 e. The number of nitrogen functional groups attached to an aromatic ring is 1. The van der Waals surface area contributed by atoms with Gasteiger partial charge in [-0.05, 0) is 31.2 Å². The molecule has 19 heavy (non-hydrogen) atoms. The Labute approximate surface area is 119 Å². The fraction of sp³-hybridized carbons (Fsp3) is 0.500. The van der Waals surface area contributed by atoms with Gasteiger partial charge >= 0.3 is 0 Å². The zero-order valence-electron chi connectivity index (χ0n) is 11.4. The van der Waals surface area contributed by atoms with Gasteiger partial charge in [-0.15, -0.1) is 0 Å². The van der Waals surface area contributed by atoms with E-state index in [0.717, 1.165) is 37.3 Å². The molecule has 0 aromatic heterocycles. The lowest BCUT2D eigenvalue weighted by Crippen LogP contribution is -2.47. The molecule has 5 heteroatoms. The number of anilines is 1. The van der Waals surface area contributed by atoms with E-state index in [1.54, 1.807) is 6.07 Å². The number of amides is 1. The third-order valence-corrected chi connectivity index (χ3v) is 3.92. The summed E-state index contributed by atoms with van der Waals surface area (Å²) >= 11 is 6.05. The maximum Gasteiger partial charge on any atom is 0.227 e. The van der Waals surface area contributed by atoms with Crippen LogP contribution in [0, 0.1) is 6.92 Å². The summed E-state index contributed by atoms with van der Waals surface area (Å²) in [4.78, 5) is 16.4. The number of nitrogens with two attached hydrogens (primary N) is 1. The average Bonchev–Trinajstić information content (AvgIpc) is 2.36. The van der Waals surface area contributed by atoms with Crippen molar-refractivity contribution in [3.05, 3.63) is 28.3 Å². The van der Waals surface area contributed by atoms with Crippen LogP contribution < -0.4 is 5.73 Å². The van der Waals surface area contributed by atoms with Crippen molar-refractivity contribution in [3.8, 4) is 0 Å². The van der Waals surface area contributed by atoms with Gasteiger partial charge in [0.15, 0.2) is 0 Å². The van der Waals surface area contributed by atoms with E-state index in [4.69, 9.17) is 17.3 Å². The number of hydrogen-bond acceptors (Lipinski definition) is 3. The van der Waals surface area contributed by atoms with Crippen LogP contribution in [0.15, 0.2) is 12.1 Å². The number of carbonyl (C=O) groups is 1. The van der Waals surface area contributed by atoms with Gasteiger partial charge in [0.1, 0.15) is 0 Å². The zero-order valence-corrected chi connectivity index (χ0v) is 12.2. The number of likely N-dealkylation sites (N-methyl/N-ethyl adjacent to an activating group) is 1. The zero-order chi connectivity index (χ0) is 14.0. The van der Waals surface area contributed by atoms with E-state index < -0.39 is 0 Å². The number of benzene rings is 1. The maximum absolute atomic E-state index is 12.2. The quantitative estimate of drug-likeness (QED) is 0.837. The molecule has 0 atom stereocenters. The van der Waals surface area contributed by atoms with E-state index in [1.165, 1.54) is 0 Å². The van der Waals surface area contributed by atoms with Crippen molar-refractivity contribution >= 4 is 23.2 Å². The summed E-state index contributed by atoms with van der Waals surface area (Å²) in [6, 6.07) is 3.73. The minimum Gasteiger partial charge on any atom is -0.397 e. The highest BCUT2D eigenvalue weighted by Crippen LogP contribution is 2.24. The van der Waals surface area contributed by atoms with E-state index in [9.17, 15) is 4.79 Å². The fourth-order valence-corrected chi connectivity index (χ4v) is 2.56. The second-order valence-electron chi connectivity index (χ2n) is 5.17. The molecule has 1 amide bonds. The lowest BCUT2D eigenvalue weighted by Gasteiger charge is -2.32. The molecule has 2 rings (SSSR count). The van der Waals surface area contributed by atoms with E-state index in [1.807, 2.05) is 17.9 Å². The third kappa shape index (κ3) is 3.39. The molecule has 1 aliphatic rings. The largest absolute Gasteiger partial charge is 0.397 e. The maximum atomic E-state index is 12.2. The number of carbonyl (C=O) groups excluding carboxylic acids is 1. The van der Waals surface area contributed by atoms with Gasteiger partial charge in [0.25, 0.3) is 0 Å². The molecule has 0 saturated carbocycles. The second-order valence-corrected chi connectivity index (χ2v) is 5.58. The monoisotopic (exact) mass is 281 g/mol. The summed E-state index contributed by atoms with van der Waals surface area (Å²) in [5, 5.41) is 0.529. The average molecular weight is 282 g/mol. The number of hydrogen-bond donors (Lipinski definition) is 1. The predicted octanol–water partition coefficient (Wildman–Crippen LogP) is 1.55. The molecule has 1 aromatic rings. The van der Waals surface area contributed by atoms with Crippen LogP contribution in [0.5, 0.6) is 0 Å². The third-order valence-electron chi connectivity index (χ3n) is 3.61. The first-order chi connectivity index (χ1) is 8.97. The highest BCUT2D eigenvalue weighted by molar-refractivity contribution is 6.33. The molecule has 0 bridgehead atoms. The Kier molecular flexibility index (Phi) is 4.32. The van der Waals surface area contributed by atoms with Crippen LogP contribution in [0.3, 0.4) is 0 Å². The Hall–Kier alpha value is -1.26. The standard InChI is InChI=1S/C14H20ClN3O/c1-10-7-11(8-12(15)14(10)16)9-13(19)18-5-3-17(2)4-6-18/h7-8H,3-6,9,16H2,1-2H3. The number of piperazine rings is 1. The highest BCUT2D eigenvalue weighted by Gasteiger charge is 2.19. The molecule has 1 heterocycles. The summed E-state index contributed by atoms with van der Waals surface area (Å²) in [6.07, 6.45) is 0.393. The highest BCUT2D eigenvalue weighted by atomic mass is 35.5. The lowest BCUT2D eigenvalue weighted by molar-refractivity contribution is -0.132. The summed E-state index contributed by atoms with van der Waals surface area (Å²) in [6.45, 7) is 5.39. The van der Waals surface area contributed by atoms with E-state index >= 15 is 0 Å². The Bertz CT molecular complexity index is 459. The van der Waals surface area contributed by atoms with Crippen molar-refractivity contribution in [2.45, 2.75) is 13.3 Å². The van der Waals surface area contributed by atoms with Crippen molar-refractivity contribution < 1.29 is 4.79 Å². The molecule has 0 unspecified atom stereocenters. The van der Waals surface area contributed by atoms with Gasteiger partial charge in [-0.1, -0.05) is 17.7 Å². The molecular weight excluding hydrogens is 262 g/mol. The Morgan fingerprint density at radius 3 is 2.53 bits per heavy atom. The molecule has 0 spiro atoms. The van der Waals surface area contributed by atoms with Crippen LogP contribution in [0.25, 0.3) is 0 Å². The normalized spacial score (nSPS) is 16.7. The lowest BCUT2D eigenvalue weighted by atomic mass is 10.1. The number of nitrogens with zero attached hydrogens (tertiary/aromatic N) is 2. The molecule has 2 N–H and O–H groups in total. The summed E-state index contributed by atoms with van der Waals surface area (Å²) in [7, 11) is 2.07. The molecule has 1 fully saturated rings. The van der Waals surface area contributed by atoms with Crippen LogP contribution in [0.1, 0.15) is 11.1 Å². The van der Waals surface area contributed by atoms with Gasteiger partial charge in [0.2, 0.25) is 5.91 Å². The number of rotatable bonds is 2. The molecule has 0 radical (unpaired) electrons. The Morgan fingerprint density at radius 1 is 1.32 bits per heavy atom. The number of halogens is 1. The summed E-state index contributed by atoms with van der Waals surface area (Å²) < 4.78 is 0.